The van der Waals surface area contributed by atoms with Crippen molar-refractivity contribution in [1.82, 2.24) is 24.7 Å². The van der Waals surface area contributed by atoms with Crippen LogP contribution in [0.4, 0.5) is 0 Å². The minimum atomic E-state index is -0.160. The summed E-state index contributed by atoms with van der Waals surface area (Å²) in [5, 5.41) is 0. The van der Waals surface area contributed by atoms with Gasteiger partial charge in [0.1, 0.15) is 5.69 Å². The van der Waals surface area contributed by atoms with E-state index < -0.39 is 0 Å². The van der Waals surface area contributed by atoms with Gasteiger partial charge in [0.15, 0.2) is 0 Å². The first kappa shape index (κ1) is 24.1. The van der Waals surface area contributed by atoms with E-state index >= 15 is 0 Å². The van der Waals surface area contributed by atoms with E-state index in [1.54, 1.807) is 11.1 Å². The number of carbonyl (C=O) groups excluding carboxylic acids is 2. The molecule has 36 heavy (non-hydrogen) atoms. The van der Waals surface area contributed by atoms with Gasteiger partial charge in [0, 0.05) is 45.5 Å². The van der Waals surface area contributed by atoms with E-state index in [2.05, 4.69) is 63.4 Å². The van der Waals surface area contributed by atoms with Crippen LogP contribution in [-0.2, 0) is 4.79 Å². The lowest BCUT2D eigenvalue weighted by Gasteiger charge is -2.41. The average molecular weight is 484 g/mol. The predicted molar refractivity (Wildman–Crippen MR) is 138 cm³/mol. The van der Waals surface area contributed by atoms with Gasteiger partial charge in [-0.3, -0.25) is 19.5 Å². The molecule has 1 aromatic heterocycles. The van der Waals surface area contributed by atoms with Gasteiger partial charge in [-0.25, -0.2) is 4.98 Å². The highest BCUT2D eigenvalue weighted by atomic mass is 16.2. The van der Waals surface area contributed by atoms with Crippen LogP contribution < -0.4 is 0 Å². The van der Waals surface area contributed by atoms with Gasteiger partial charge in [0.2, 0.25) is 5.91 Å². The summed E-state index contributed by atoms with van der Waals surface area (Å²) in [6.45, 7) is 5.97. The molecule has 2 saturated heterocycles. The third-order valence-electron chi connectivity index (χ3n) is 7.28. The average Bonchev–Trinajstić information content (AvgIpc) is 2.94. The Morgan fingerprint density at radius 1 is 0.806 bits per heavy atom. The number of hydrogen-bond donors (Lipinski definition) is 0. The summed E-state index contributed by atoms with van der Waals surface area (Å²) < 4.78 is 0. The Kier molecular flexibility index (Phi) is 7.37. The van der Waals surface area contributed by atoms with Gasteiger partial charge in [-0.15, -0.1) is 0 Å². The third kappa shape index (κ3) is 5.31. The molecule has 2 amide bonds. The molecule has 0 saturated carbocycles. The lowest BCUT2D eigenvalue weighted by Crippen LogP contribution is -2.53. The lowest BCUT2D eigenvalue weighted by atomic mass is 9.94. The molecule has 2 fully saturated rings. The van der Waals surface area contributed by atoms with Gasteiger partial charge < -0.3 is 9.80 Å². The highest BCUT2D eigenvalue weighted by molar-refractivity contribution is 5.92. The number of nitrogens with zero attached hydrogens (tertiary/aromatic N) is 5. The normalized spacial score (nSPS) is 18.9. The maximum absolute atomic E-state index is 13.5. The van der Waals surface area contributed by atoms with Crippen LogP contribution in [0, 0.1) is 12.8 Å². The highest BCUT2D eigenvalue weighted by Gasteiger charge is 2.34. The summed E-state index contributed by atoms with van der Waals surface area (Å²) in [6, 6.07) is 21.3. The second kappa shape index (κ2) is 11.0. The van der Waals surface area contributed by atoms with Crippen molar-refractivity contribution >= 4 is 11.8 Å². The quantitative estimate of drug-likeness (QED) is 0.555. The van der Waals surface area contributed by atoms with Gasteiger partial charge in [-0.05, 0) is 30.9 Å². The predicted octanol–water partition coefficient (Wildman–Crippen LogP) is 3.57. The van der Waals surface area contributed by atoms with E-state index in [1.807, 2.05) is 24.0 Å². The van der Waals surface area contributed by atoms with Crippen molar-refractivity contribution in [3.63, 3.8) is 0 Å². The third-order valence-corrected chi connectivity index (χ3v) is 7.28. The molecule has 2 aliphatic heterocycles. The van der Waals surface area contributed by atoms with Crippen molar-refractivity contribution in [1.29, 1.82) is 0 Å². The van der Waals surface area contributed by atoms with Gasteiger partial charge in [0.05, 0.1) is 23.9 Å². The van der Waals surface area contributed by atoms with Gasteiger partial charge >= 0.3 is 0 Å². The van der Waals surface area contributed by atoms with E-state index in [-0.39, 0.29) is 23.8 Å². The molecule has 0 bridgehead atoms. The molecule has 0 aliphatic carbocycles. The highest BCUT2D eigenvalue weighted by Crippen LogP contribution is 2.30. The van der Waals surface area contributed by atoms with Crippen LogP contribution >= 0.6 is 0 Å². The van der Waals surface area contributed by atoms with E-state index in [9.17, 15) is 9.59 Å². The zero-order chi connectivity index (χ0) is 24.9. The van der Waals surface area contributed by atoms with E-state index in [4.69, 9.17) is 0 Å². The molecule has 7 heteroatoms. The smallest absolute Gasteiger partial charge is 0.274 e. The Hall–Kier alpha value is -3.58. The molecule has 186 valence electrons. The first-order valence-corrected chi connectivity index (χ1v) is 12.8. The summed E-state index contributed by atoms with van der Waals surface area (Å²) in [7, 11) is 0. The number of aryl methyl sites for hydroxylation is 1. The largest absolute Gasteiger partial charge is 0.340 e. The van der Waals surface area contributed by atoms with E-state index in [1.165, 1.54) is 17.3 Å². The van der Waals surface area contributed by atoms with Crippen LogP contribution in [0.1, 0.15) is 46.2 Å². The number of amides is 2. The van der Waals surface area contributed by atoms with Crippen LogP contribution in [0.2, 0.25) is 0 Å². The number of aromatic nitrogens is 2. The Balaban J connectivity index is 1.23. The molecule has 2 aliphatic rings. The number of likely N-dealkylation sites (tertiary alicyclic amines) is 1. The van der Waals surface area contributed by atoms with Crippen LogP contribution in [-0.4, -0.2) is 75.8 Å². The molecule has 0 N–H and O–H groups in total. The Bertz CT molecular complexity index is 1120. The van der Waals surface area contributed by atoms with Crippen LogP contribution in [0.15, 0.2) is 73.1 Å². The second-order valence-corrected chi connectivity index (χ2v) is 9.72. The maximum Gasteiger partial charge on any atom is 0.274 e. The van der Waals surface area contributed by atoms with Crippen molar-refractivity contribution in [2.24, 2.45) is 5.92 Å². The van der Waals surface area contributed by atoms with E-state index in [0.29, 0.717) is 31.9 Å². The number of piperazine rings is 1. The molecule has 2 aromatic carbocycles. The Morgan fingerprint density at radius 2 is 1.44 bits per heavy atom. The van der Waals surface area contributed by atoms with Crippen molar-refractivity contribution in [3.05, 3.63) is 95.6 Å². The zero-order valence-electron chi connectivity index (χ0n) is 20.8. The fourth-order valence-corrected chi connectivity index (χ4v) is 5.37. The molecular weight excluding hydrogens is 450 g/mol. The molecular formula is C29H33N5O2. The zero-order valence-corrected chi connectivity index (χ0v) is 20.8. The Labute approximate surface area is 212 Å². The second-order valence-electron chi connectivity index (χ2n) is 9.72. The van der Waals surface area contributed by atoms with Crippen molar-refractivity contribution in [2.75, 3.05) is 39.3 Å². The first-order valence-electron chi connectivity index (χ1n) is 12.8. The minimum Gasteiger partial charge on any atom is -0.340 e. The van der Waals surface area contributed by atoms with E-state index in [0.717, 1.165) is 31.6 Å². The molecule has 0 radical (unpaired) electrons. The molecule has 7 nitrogen and oxygen atoms in total. The van der Waals surface area contributed by atoms with Crippen molar-refractivity contribution in [2.45, 2.75) is 25.8 Å². The number of benzene rings is 2. The first-order chi connectivity index (χ1) is 17.6. The topological polar surface area (TPSA) is 69.6 Å². The number of piperidine rings is 1. The SMILES string of the molecule is Cc1cnc(C(=O)N2CCCC(C(=O)N3CCN(C(c4ccccc4)c4ccccc4)CC3)C2)cn1. The summed E-state index contributed by atoms with van der Waals surface area (Å²) in [6.07, 6.45) is 4.78. The lowest BCUT2D eigenvalue weighted by molar-refractivity contribution is -0.139. The van der Waals surface area contributed by atoms with Gasteiger partial charge in [-0.1, -0.05) is 60.7 Å². The fraction of sp³-hybridized carbons (Fsp3) is 0.379. The van der Waals surface area contributed by atoms with Gasteiger partial charge in [0.25, 0.3) is 5.91 Å². The van der Waals surface area contributed by atoms with Crippen molar-refractivity contribution in [3.8, 4) is 0 Å². The summed E-state index contributed by atoms with van der Waals surface area (Å²) in [4.78, 5) is 41.1. The van der Waals surface area contributed by atoms with Crippen LogP contribution in [0.5, 0.6) is 0 Å². The summed E-state index contributed by atoms with van der Waals surface area (Å²) in [5.41, 5.74) is 3.66. The number of hydrogen-bond acceptors (Lipinski definition) is 5. The number of rotatable bonds is 5. The molecule has 0 spiro atoms. The molecule has 5 rings (SSSR count). The Morgan fingerprint density at radius 3 is 2.03 bits per heavy atom. The van der Waals surface area contributed by atoms with Crippen LogP contribution in [0.3, 0.4) is 0 Å². The van der Waals surface area contributed by atoms with Crippen LogP contribution in [0.25, 0.3) is 0 Å². The standard InChI is InChI=1S/C29H33N5O2/c1-22-19-31-26(20-30-22)29(36)34-14-8-13-25(21-34)28(35)33-17-15-32(16-18-33)27(23-9-4-2-5-10-23)24-11-6-3-7-12-24/h2-7,9-12,19-20,25,27H,8,13-18,21H2,1H3. The summed E-state index contributed by atoms with van der Waals surface area (Å²) in [5.74, 6) is -0.136. The summed E-state index contributed by atoms with van der Waals surface area (Å²) >= 11 is 0. The minimum absolute atomic E-state index is 0.140. The maximum atomic E-state index is 13.5. The molecule has 3 aromatic rings. The molecule has 1 atom stereocenters. The van der Waals surface area contributed by atoms with Gasteiger partial charge in [-0.2, -0.15) is 0 Å². The monoisotopic (exact) mass is 483 g/mol. The van der Waals surface area contributed by atoms with Crippen molar-refractivity contribution < 1.29 is 9.59 Å². The fourth-order valence-electron chi connectivity index (χ4n) is 5.37. The molecule has 1 unspecified atom stereocenters. The number of carbonyl (C=O) groups is 2. The molecule has 3 heterocycles.